The highest BCUT2D eigenvalue weighted by Crippen LogP contribution is 2.34. The van der Waals surface area contributed by atoms with Gasteiger partial charge in [0.25, 0.3) is 0 Å². The van der Waals surface area contributed by atoms with Crippen molar-refractivity contribution in [2.45, 2.75) is 65.4 Å². The van der Waals surface area contributed by atoms with Gasteiger partial charge in [0, 0.05) is 27.9 Å². The smallest absolute Gasteiger partial charge is 0.310 e. The SMILES string of the molecule is CCOC(=O)Cc1ccccc1OCc1cc(-c2cccc(CC)c2)c2oc(CN[S+]([O-])C(C)(C)C)cc2c1. The molecule has 0 saturated carbocycles. The van der Waals surface area contributed by atoms with E-state index in [9.17, 15) is 9.35 Å². The predicted molar refractivity (Wildman–Crippen MR) is 157 cm³/mol. The molecule has 0 radical (unpaired) electrons. The lowest BCUT2D eigenvalue weighted by atomic mass is 9.98. The van der Waals surface area contributed by atoms with Gasteiger partial charge >= 0.3 is 5.97 Å². The zero-order valence-corrected chi connectivity index (χ0v) is 24.2. The zero-order valence-electron chi connectivity index (χ0n) is 23.3. The van der Waals surface area contributed by atoms with E-state index in [2.05, 4.69) is 48.0 Å². The van der Waals surface area contributed by atoms with Crippen molar-refractivity contribution >= 4 is 28.3 Å². The van der Waals surface area contributed by atoms with Crippen molar-refractivity contribution < 1.29 is 23.2 Å². The molecule has 3 aromatic carbocycles. The molecule has 1 unspecified atom stereocenters. The monoisotopic (exact) mass is 547 g/mol. The van der Waals surface area contributed by atoms with Gasteiger partial charge in [-0.15, -0.1) is 4.72 Å². The summed E-state index contributed by atoms with van der Waals surface area (Å²) in [7, 11) is 0. The Morgan fingerprint density at radius 1 is 1.00 bits per heavy atom. The number of rotatable bonds is 11. The third-order valence-corrected chi connectivity index (χ3v) is 7.83. The molecule has 0 aliphatic heterocycles. The van der Waals surface area contributed by atoms with Crippen molar-refractivity contribution in [1.29, 1.82) is 0 Å². The van der Waals surface area contributed by atoms with E-state index in [0.29, 0.717) is 31.3 Å². The number of hydrogen-bond acceptors (Lipinski definition) is 6. The summed E-state index contributed by atoms with van der Waals surface area (Å²) in [5, 5.41) is 0.950. The van der Waals surface area contributed by atoms with Gasteiger partial charge in [0.1, 0.15) is 28.4 Å². The highest BCUT2D eigenvalue weighted by molar-refractivity contribution is 7.90. The van der Waals surface area contributed by atoms with Gasteiger partial charge in [-0.2, -0.15) is 0 Å². The fourth-order valence-corrected chi connectivity index (χ4v) is 4.99. The van der Waals surface area contributed by atoms with Crippen molar-refractivity contribution in [3.8, 4) is 16.9 Å². The first-order chi connectivity index (χ1) is 18.7. The third-order valence-electron chi connectivity index (χ3n) is 6.31. The molecule has 39 heavy (non-hydrogen) atoms. The number of benzene rings is 3. The van der Waals surface area contributed by atoms with E-state index in [4.69, 9.17) is 13.9 Å². The van der Waals surface area contributed by atoms with Crippen LogP contribution < -0.4 is 9.46 Å². The first-order valence-electron chi connectivity index (χ1n) is 13.3. The topological polar surface area (TPSA) is 83.8 Å². The van der Waals surface area contributed by atoms with Crippen LogP contribution in [0.25, 0.3) is 22.1 Å². The second-order valence-corrected chi connectivity index (χ2v) is 12.5. The summed E-state index contributed by atoms with van der Waals surface area (Å²) in [6, 6.07) is 22.1. The summed E-state index contributed by atoms with van der Waals surface area (Å²) in [6.07, 6.45) is 1.09. The quantitative estimate of drug-likeness (QED) is 0.162. The Kier molecular flexibility index (Phi) is 9.38. The number of esters is 1. The molecule has 206 valence electrons. The highest BCUT2D eigenvalue weighted by atomic mass is 32.2. The van der Waals surface area contributed by atoms with Crippen molar-refractivity contribution in [3.05, 3.63) is 89.2 Å². The summed E-state index contributed by atoms with van der Waals surface area (Å²) in [5.41, 5.74) is 5.83. The van der Waals surface area contributed by atoms with Crippen molar-refractivity contribution in [2.24, 2.45) is 0 Å². The van der Waals surface area contributed by atoms with Crippen LogP contribution in [0.3, 0.4) is 0 Å². The molecular formula is C32H37NO5S. The molecule has 1 heterocycles. The highest BCUT2D eigenvalue weighted by Gasteiger charge is 2.26. The number of aryl methyl sites for hydroxylation is 1. The van der Waals surface area contributed by atoms with E-state index < -0.39 is 11.4 Å². The van der Waals surface area contributed by atoms with Crippen LogP contribution in [0.4, 0.5) is 0 Å². The van der Waals surface area contributed by atoms with E-state index in [1.54, 1.807) is 6.92 Å². The second-order valence-electron chi connectivity index (χ2n) is 10.4. The molecule has 0 aliphatic carbocycles. The van der Waals surface area contributed by atoms with Crippen LogP contribution in [0, 0.1) is 0 Å². The number of ether oxygens (including phenoxy) is 2. The van der Waals surface area contributed by atoms with Gasteiger partial charge in [-0.1, -0.05) is 49.4 Å². The fourth-order valence-electron chi connectivity index (χ4n) is 4.28. The normalized spacial score (nSPS) is 12.5. The Labute approximate surface area is 234 Å². The average Bonchev–Trinajstić information content (AvgIpc) is 3.33. The summed E-state index contributed by atoms with van der Waals surface area (Å²) >= 11 is -1.20. The lowest BCUT2D eigenvalue weighted by molar-refractivity contribution is -0.142. The van der Waals surface area contributed by atoms with Gasteiger partial charge in [0.2, 0.25) is 0 Å². The van der Waals surface area contributed by atoms with E-state index in [0.717, 1.165) is 39.6 Å². The molecule has 6 nitrogen and oxygen atoms in total. The van der Waals surface area contributed by atoms with Crippen LogP contribution >= 0.6 is 0 Å². The van der Waals surface area contributed by atoms with E-state index in [1.807, 2.05) is 51.1 Å². The first kappa shape index (κ1) is 28.7. The maximum absolute atomic E-state index is 12.5. The molecule has 0 bridgehead atoms. The van der Waals surface area contributed by atoms with Crippen LogP contribution in [-0.2, 0) is 46.9 Å². The number of fused-ring (bicyclic) bond motifs is 1. The number of carbonyl (C=O) groups excluding carboxylic acids is 1. The number of furan rings is 1. The van der Waals surface area contributed by atoms with Crippen LogP contribution in [0.15, 0.2) is 71.1 Å². The predicted octanol–water partition coefficient (Wildman–Crippen LogP) is 6.90. The van der Waals surface area contributed by atoms with E-state index >= 15 is 0 Å². The first-order valence-corrected chi connectivity index (χ1v) is 14.5. The fraction of sp³-hybridized carbons (Fsp3) is 0.344. The molecule has 0 aliphatic rings. The van der Waals surface area contributed by atoms with Crippen molar-refractivity contribution in [2.75, 3.05) is 6.61 Å². The molecule has 0 fully saturated rings. The molecule has 1 aromatic heterocycles. The number of nitrogens with one attached hydrogen (secondary N) is 1. The van der Waals surface area contributed by atoms with E-state index in [1.165, 1.54) is 5.56 Å². The molecule has 1 atom stereocenters. The molecule has 0 amide bonds. The maximum atomic E-state index is 12.5. The maximum Gasteiger partial charge on any atom is 0.310 e. The molecular weight excluding hydrogens is 510 g/mol. The van der Waals surface area contributed by atoms with Crippen molar-refractivity contribution in [3.63, 3.8) is 0 Å². The number of carbonyl (C=O) groups is 1. The van der Waals surface area contributed by atoms with Gasteiger partial charge in [0.05, 0.1) is 19.6 Å². The average molecular weight is 548 g/mol. The Hall–Kier alpha value is -3.26. The second kappa shape index (κ2) is 12.7. The van der Waals surface area contributed by atoms with Crippen LogP contribution in [0.2, 0.25) is 0 Å². The molecule has 0 saturated heterocycles. The Morgan fingerprint density at radius 3 is 2.54 bits per heavy atom. The minimum absolute atomic E-state index is 0.159. The third kappa shape index (κ3) is 7.44. The standard InChI is InChI=1S/C32H37NO5S/c1-6-22-11-10-13-24(15-22)28-17-23(21-37-29-14-9-8-12-25(29)19-30(34)36-7-2)16-26-18-27(38-31(26)28)20-33-39(35)32(3,4)5/h8-18,33H,6-7,19-21H2,1-5H3. The number of hydrogen-bond donors (Lipinski definition) is 1. The lowest BCUT2D eigenvalue weighted by Gasteiger charge is -2.23. The Morgan fingerprint density at radius 2 is 1.79 bits per heavy atom. The zero-order chi connectivity index (χ0) is 28.0. The largest absolute Gasteiger partial charge is 0.598 e. The van der Waals surface area contributed by atoms with Gasteiger partial charge < -0.3 is 18.4 Å². The molecule has 0 spiro atoms. The van der Waals surface area contributed by atoms with Gasteiger partial charge in [-0.3, -0.25) is 4.79 Å². The van der Waals surface area contributed by atoms with Crippen LogP contribution in [-0.4, -0.2) is 21.9 Å². The van der Waals surface area contributed by atoms with E-state index in [-0.39, 0.29) is 17.1 Å². The van der Waals surface area contributed by atoms with Gasteiger partial charge in [0.15, 0.2) is 0 Å². The molecule has 4 rings (SSSR count). The van der Waals surface area contributed by atoms with Crippen LogP contribution in [0.1, 0.15) is 57.1 Å². The minimum atomic E-state index is -1.20. The van der Waals surface area contributed by atoms with Crippen molar-refractivity contribution in [1.82, 2.24) is 4.72 Å². The Balaban J connectivity index is 1.65. The van der Waals surface area contributed by atoms with Crippen LogP contribution in [0.5, 0.6) is 5.75 Å². The number of para-hydroxylation sites is 1. The molecule has 1 N–H and O–H groups in total. The summed E-state index contributed by atoms with van der Waals surface area (Å²) in [4.78, 5) is 12.1. The minimum Gasteiger partial charge on any atom is -0.598 e. The molecule has 7 heteroatoms. The van der Waals surface area contributed by atoms with Gasteiger partial charge in [-0.05, 0) is 75.1 Å². The summed E-state index contributed by atoms with van der Waals surface area (Å²) in [6.45, 7) is 10.8. The summed E-state index contributed by atoms with van der Waals surface area (Å²) < 4.78 is 32.9. The van der Waals surface area contributed by atoms with Gasteiger partial charge in [-0.25, -0.2) is 0 Å². The Bertz CT molecular complexity index is 1420. The molecule has 4 aromatic rings. The lowest BCUT2D eigenvalue weighted by Crippen LogP contribution is -2.38. The summed E-state index contributed by atoms with van der Waals surface area (Å²) in [5.74, 6) is 1.09.